The van der Waals surface area contributed by atoms with E-state index in [1.165, 1.54) is 0 Å². The molecule has 0 spiro atoms. The number of benzene rings is 3. The average molecular weight is 434 g/mol. The van der Waals surface area contributed by atoms with Gasteiger partial charge in [0.05, 0.1) is 12.2 Å². The molecule has 3 aromatic carbocycles. The Morgan fingerprint density at radius 1 is 1.03 bits per heavy atom. The lowest BCUT2D eigenvalue weighted by Gasteiger charge is -2.19. The van der Waals surface area contributed by atoms with Gasteiger partial charge in [0.15, 0.2) is 0 Å². The summed E-state index contributed by atoms with van der Waals surface area (Å²) in [5, 5.41) is 12.4. The Morgan fingerprint density at radius 3 is 2.58 bits per heavy atom. The minimum absolute atomic E-state index is 0.287. The molecule has 1 atom stereocenters. The van der Waals surface area contributed by atoms with Gasteiger partial charge in [0.1, 0.15) is 6.04 Å². The smallest absolute Gasteiger partial charge is 0.340 e. The Bertz CT molecular complexity index is 1180. The SMILES string of the molecule is CCOC(=O)c1ccccc1NC(c1cccc(Cl)c1)c1nnc(-c2ccccc2)o1. The lowest BCUT2D eigenvalue weighted by molar-refractivity contribution is 0.0527. The van der Waals surface area contributed by atoms with Gasteiger partial charge in [-0.1, -0.05) is 54.1 Å². The van der Waals surface area contributed by atoms with Crippen molar-refractivity contribution in [3.63, 3.8) is 0 Å². The maximum absolute atomic E-state index is 12.4. The average Bonchev–Trinajstić information content (AvgIpc) is 3.28. The highest BCUT2D eigenvalue weighted by atomic mass is 35.5. The van der Waals surface area contributed by atoms with E-state index in [4.69, 9.17) is 20.8 Å². The standard InChI is InChI=1S/C24H20ClN3O3/c1-2-30-24(29)19-13-6-7-14-20(19)26-21(17-11-8-12-18(25)15-17)23-28-27-22(31-23)16-9-4-3-5-10-16/h3-15,21,26H,2H2,1H3. The van der Waals surface area contributed by atoms with Gasteiger partial charge in [0.25, 0.3) is 0 Å². The first-order valence-electron chi connectivity index (χ1n) is 9.82. The molecule has 0 aliphatic heterocycles. The summed E-state index contributed by atoms with van der Waals surface area (Å²) in [6, 6.07) is 23.5. The van der Waals surface area contributed by atoms with Crippen molar-refractivity contribution in [2.24, 2.45) is 0 Å². The molecule has 4 aromatic rings. The van der Waals surface area contributed by atoms with Gasteiger partial charge in [-0.25, -0.2) is 4.79 Å². The van der Waals surface area contributed by atoms with Crippen molar-refractivity contribution in [3.05, 3.63) is 101 Å². The van der Waals surface area contributed by atoms with Crippen LogP contribution >= 0.6 is 11.6 Å². The first-order valence-corrected chi connectivity index (χ1v) is 10.2. The number of ether oxygens (including phenoxy) is 1. The summed E-state index contributed by atoms with van der Waals surface area (Å²) in [7, 11) is 0. The maximum Gasteiger partial charge on any atom is 0.340 e. The van der Waals surface area contributed by atoms with E-state index in [9.17, 15) is 4.79 Å². The number of nitrogens with one attached hydrogen (secondary N) is 1. The van der Waals surface area contributed by atoms with E-state index >= 15 is 0 Å². The van der Waals surface area contributed by atoms with Crippen LogP contribution in [0.3, 0.4) is 0 Å². The number of para-hydroxylation sites is 1. The van der Waals surface area contributed by atoms with Gasteiger partial charge >= 0.3 is 5.97 Å². The molecule has 0 aliphatic rings. The van der Waals surface area contributed by atoms with Gasteiger partial charge in [0.2, 0.25) is 11.8 Å². The van der Waals surface area contributed by atoms with Crippen LogP contribution < -0.4 is 5.32 Å². The Labute approximate surface area is 184 Å². The zero-order valence-corrected chi connectivity index (χ0v) is 17.5. The van der Waals surface area contributed by atoms with Gasteiger partial charge < -0.3 is 14.5 Å². The number of halogens is 1. The van der Waals surface area contributed by atoms with Gasteiger partial charge in [-0.3, -0.25) is 0 Å². The maximum atomic E-state index is 12.4. The van der Waals surface area contributed by atoms with Gasteiger partial charge in [-0.15, -0.1) is 10.2 Å². The molecule has 0 radical (unpaired) electrons. The van der Waals surface area contributed by atoms with Crippen molar-refractivity contribution in [1.29, 1.82) is 0 Å². The molecule has 0 saturated carbocycles. The van der Waals surface area contributed by atoms with Crippen molar-refractivity contribution in [1.82, 2.24) is 10.2 Å². The first kappa shape index (κ1) is 20.6. The van der Waals surface area contributed by atoms with Gasteiger partial charge in [-0.2, -0.15) is 0 Å². The number of carbonyl (C=O) groups excluding carboxylic acids is 1. The third-order valence-corrected chi connectivity index (χ3v) is 4.85. The summed E-state index contributed by atoms with van der Waals surface area (Å²) < 4.78 is 11.2. The molecule has 0 aliphatic carbocycles. The van der Waals surface area contributed by atoms with E-state index in [1.807, 2.05) is 54.6 Å². The molecular formula is C24H20ClN3O3. The first-order chi connectivity index (χ1) is 15.2. The summed E-state index contributed by atoms with van der Waals surface area (Å²) in [5.41, 5.74) is 2.64. The highest BCUT2D eigenvalue weighted by Crippen LogP contribution is 2.31. The molecule has 1 unspecified atom stereocenters. The molecule has 1 N–H and O–H groups in total. The minimum Gasteiger partial charge on any atom is -0.462 e. The van der Waals surface area contributed by atoms with Crippen molar-refractivity contribution in [3.8, 4) is 11.5 Å². The predicted molar refractivity (Wildman–Crippen MR) is 119 cm³/mol. The lowest BCUT2D eigenvalue weighted by Crippen LogP contribution is -2.16. The monoisotopic (exact) mass is 433 g/mol. The second-order valence-corrected chi connectivity index (χ2v) is 7.15. The van der Waals surface area contributed by atoms with Crippen LogP contribution in [0.2, 0.25) is 5.02 Å². The number of esters is 1. The van der Waals surface area contributed by atoms with E-state index in [1.54, 1.807) is 31.2 Å². The Hall–Kier alpha value is -3.64. The molecule has 0 saturated heterocycles. The van der Waals surface area contributed by atoms with Crippen LogP contribution in [0.15, 0.2) is 83.3 Å². The number of carbonyl (C=O) groups is 1. The number of aromatic nitrogens is 2. The molecule has 0 amide bonds. The normalized spacial score (nSPS) is 11.7. The van der Waals surface area contributed by atoms with Crippen molar-refractivity contribution in [2.45, 2.75) is 13.0 Å². The fourth-order valence-electron chi connectivity index (χ4n) is 3.17. The largest absolute Gasteiger partial charge is 0.462 e. The Kier molecular flexibility index (Phi) is 6.29. The lowest BCUT2D eigenvalue weighted by atomic mass is 10.1. The fraction of sp³-hybridized carbons (Fsp3) is 0.125. The van der Waals surface area contributed by atoms with E-state index < -0.39 is 12.0 Å². The van der Waals surface area contributed by atoms with Crippen LogP contribution in [0.25, 0.3) is 11.5 Å². The zero-order valence-electron chi connectivity index (χ0n) is 16.8. The highest BCUT2D eigenvalue weighted by Gasteiger charge is 2.24. The molecule has 6 nitrogen and oxygen atoms in total. The summed E-state index contributed by atoms with van der Waals surface area (Å²) >= 11 is 6.23. The van der Waals surface area contributed by atoms with Crippen molar-refractivity contribution in [2.75, 3.05) is 11.9 Å². The van der Waals surface area contributed by atoms with Crippen LogP contribution in [0.5, 0.6) is 0 Å². The summed E-state index contributed by atoms with van der Waals surface area (Å²) in [6.45, 7) is 2.06. The molecule has 31 heavy (non-hydrogen) atoms. The molecule has 0 fully saturated rings. The van der Waals surface area contributed by atoms with E-state index in [0.717, 1.165) is 11.1 Å². The van der Waals surface area contributed by atoms with E-state index in [2.05, 4.69) is 15.5 Å². The van der Waals surface area contributed by atoms with E-state index in [0.29, 0.717) is 28.1 Å². The van der Waals surface area contributed by atoms with Crippen molar-refractivity contribution >= 4 is 23.3 Å². The van der Waals surface area contributed by atoms with Crippen LogP contribution in [0.4, 0.5) is 5.69 Å². The van der Waals surface area contributed by atoms with Crippen LogP contribution in [-0.2, 0) is 4.74 Å². The number of hydrogen-bond acceptors (Lipinski definition) is 6. The topological polar surface area (TPSA) is 77.2 Å². The molecule has 1 aromatic heterocycles. The Balaban J connectivity index is 1.74. The van der Waals surface area contributed by atoms with E-state index in [-0.39, 0.29) is 6.61 Å². The second-order valence-electron chi connectivity index (χ2n) is 6.71. The third-order valence-electron chi connectivity index (χ3n) is 4.61. The zero-order chi connectivity index (χ0) is 21.6. The Morgan fingerprint density at radius 2 is 1.81 bits per heavy atom. The number of nitrogens with zero attached hydrogens (tertiary/aromatic N) is 2. The number of rotatable bonds is 7. The highest BCUT2D eigenvalue weighted by molar-refractivity contribution is 6.30. The molecular weight excluding hydrogens is 414 g/mol. The van der Waals surface area contributed by atoms with Crippen molar-refractivity contribution < 1.29 is 13.9 Å². The number of hydrogen-bond donors (Lipinski definition) is 1. The molecule has 0 bridgehead atoms. The van der Waals surface area contributed by atoms with Crippen LogP contribution in [0, 0.1) is 0 Å². The summed E-state index contributed by atoms with van der Waals surface area (Å²) in [5.74, 6) is 0.342. The molecule has 1 heterocycles. The number of anilines is 1. The van der Waals surface area contributed by atoms with Crippen LogP contribution in [-0.4, -0.2) is 22.8 Å². The van der Waals surface area contributed by atoms with Gasteiger partial charge in [0, 0.05) is 16.3 Å². The minimum atomic E-state index is -0.528. The predicted octanol–water partition coefficient (Wildman–Crippen LogP) is 5.77. The molecule has 156 valence electrons. The van der Waals surface area contributed by atoms with Crippen LogP contribution in [0.1, 0.15) is 34.8 Å². The summed E-state index contributed by atoms with van der Waals surface area (Å²) in [6.07, 6.45) is 0. The fourth-order valence-corrected chi connectivity index (χ4v) is 3.37. The molecule has 4 rings (SSSR count). The third kappa shape index (κ3) is 4.75. The second kappa shape index (κ2) is 9.45. The quantitative estimate of drug-likeness (QED) is 0.373. The summed E-state index contributed by atoms with van der Waals surface area (Å²) in [4.78, 5) is 12.4. The van der Waals surface area contributed by atoms with Gasteiger partial charge in [-0.05, 0) is 48.9 Å². The molecule has 7 heteroatoms.